The SMILES string of the molecule is Cl.O=C(O)c1ccccc1OCCN1CC(CCN2CCCC2=O)c2ccccc21. The van der Waals surface area contributed by atoms with Gasteiger partial charge < -0.3 is 19.6 Å². The lowest BCUT2D eigenvalue weighted by Crippen LogP contribution is -2.30. The van der Waals surface area contributed by atoms with Crippen molar-refractivity contribution in [1.29, 1.82) is 0 Å². The van der Waals surface area contributed by atoms with Gasteiger partial charge in [-0.3, -0.25) is 4.79 Å². The van der Waals surface area contributed by atoms with Gasteiger partial charge in [-0.15, -0.1) is 12.4 Å². The average molecular weight is 431 g/mol. The van der Waals surface area contributed by atoms with Crippen LogP contribution in [0.3, 0.4) is 0 Å². The number of amides is 1. The minimum Gasteiger partial charge on any atom is -0.491 e. The zero-order chi connectivity index (χ0) is 20.2. The molecule has 1 amide bonds. The molecule has 0 aliphatic carbocycles. The first-order valence-electron chi connectivity index (χ1n) is 10.2. The van der Waals surface area contributed by atoms with Gasteiger partial charge in [-0.25, -0.2) is 4.79 Å². The van der Waals surface area contributed by atoms with Crippen LogP contribution in [0.5, 0.6) is 5.75 Å². The van der Waals surface area contributed by atoms with E-state index in [1.54, 1.807) is 24.3 Å². The molecule has 6 nitrogen and oxygen atoms in total. The molecule has 0 aromatic heterocycles. The molecule has 0 radical (unpaired) electrons. The predicted octanol–water partition coefficient (Wildman–Crippen LogP) is 3.80. The van der Waals surface area contributed by atoms with E-state index in [4.69, 9.17) is 4.74 Å². The fourth-order valence-corrected chi connectivity index (χ4v) is 4.33. The Labute approximate surface area is 182 Å². The highest BCUT2D eigenvalue weighted by atomic mass is 35.5. The maximum atomic E-state index is 11.9. The van der Waals surface area contributed by atoms with Crippen LogP contribution in [-0.2, 0) is 4.79 Å². The van der Waals surface area contributed by atoms with E-state index in [0.29, 0.717) is 31.2 Å². The lowest BCUT2D eigenvalue weighted by Gasteiger charge is -2.21. The first-order valence-corrected chi connectivity index (χ1v) is 10.2. The first kappa shape index (κ1) is 22.0. The number of carboxylic acid groups (broad SMARTS) is 1. The third-order valence-corrected chi connectivity index (χ3v) is 5.81. The molecule has 30 heavy (non-hydrogen) atoms. The van der Waals surface area contributed by atoms with Crippen molar-refractivity contribution in [1.82, 2.24) is 4.90 Å². The Kier molecular flexibility index (Phi) is 7.21. The molecule has 1 atom stereocenters. The average Bonchev–Trinajstić information content (AvgIpc) is 3.30. The number of carboxylic acids is 1. The van der Waals surface area contributed by atoms with Crippen LogP contribution in [0, 0.1) is 0 Å². The van der Waals surface area contributed by atoms with Gasteiger partial charge in [0, 0.05) is 37.7 Å². The molecule has 160 valence electrons. The number of aromatic carboxylic acids is 1. The van der Waals surface area contributed by atoms with Crippen molar-refractivity contribution in [2.45, 2.75) is 25.2 Å². The second-order valence-corrected chi connectivity index (χ2v) is 7.62. The smallest absolute Gasteiger partial charge is 0.339 e. The fraction of sp³-hybridized carbons (Fsp3) is 0.391. The van der Waals surface area contributed by atoms with Crippen molar-refractivity contribution in [2.24, 2.45) is 0 Å². The van der Waals surface area contributed by atoms with Gasteiger partial charge in [-0.1, -0.05) is 30.3 Å². The summed E-state index contributed by atoms with van der Waals surface area (Å²) in [5.74, 6) is 0.0877. The van der Waals surface area contributed by atoms with E-state index in [1.807, 2.05) is 11.0 Å². The van der Waals surface area contributed by atoms with Crippen LogP contribution in [0.1, 0.15) is 41.1 Å². The molecule has 2 aliphatic rings. The molecule has 1 fully saturated rings. The van der Waals surface area contributed by atoms with E-state index in [0.717, 1.165) is 32.5 Å². The van der Waals surface area contributed by atoms with Crippen LogP contribution in [0.25, 0.3) is 0 Å². The van der Waals surface area contributed by atoms with Gasteiger partial charge in [0.25, 0.3) is 0 Å². The second kappa shape index (κ2) is 9.85. The third-order valence-electron chi connectivity index (χ3n) is 5.81. The lowest BCUT2D eigenvalue weighted by atomic mass is 9.98. The molecule has 7 heteroatoms. The van der Waals surface area contributed by atoms with Gasteiger partial charge in [-0.2, -0.15) is 0 Å². The van der Waals surface area contributed by atoms with Crippen molar-refractivity contribution in [3.8, 4) is 5.75 Å². The molecule has 2 aromatic carbocycles. The van der Waals surface area contributed by atoms with Crippen LogP contribution in [0.4, 0.5) is 5.69 Å². The standard InChI is InChI=1S/C23H26N2O4.ClH/c26-22-10-5-12-24(22)13-11-17-16-25(20-8-3-1-6-18(17)20)14-15-29-21-9-4-2-7-19(21)23(27)28;/h1-4,6-9,17H,5,10-16H2,(H,27,28);1H. The van der Waals surface area contributed by atoms with Gasteiger partial charge in [-0.05, 0) is 36.6 Å². The van der Waals surface area contributed by atoms with E-state index < -0.39 is 5.97 Å². The number of hydrogen-bond donors (Lipinski definition) is 1. The summed E-state index contributed by atoms with van der Waals surface area (Å²) in [5.41, 5.74) is 2.72. The molecular formula is C23H27ClN2O4. The first-order chi connectivity index (χ1) is 14.1. The molecule has 0 bridgehead atoms. The summed E-state index contributed by atoms with van der Waals surface area (Å²) in [7, 11) is 0. The number of nitrogens with zero attached hydrogens (tertiary/aromatic N) is 2. The number of rotatable bonds is 8. The number of fused-ring (bicyclic) bond motifs is 1. The van der Waals surface area contributed by atoms with Crippen molar-refractivity contribution < 1.29 is 19.4 Å². The molecule has 1 unspecified atom stereocenters. The lowest BCUT2D eigenvalue weighted by molar-refractivity contribution is -0.127. The Bertz CT molecular complexity index is 904. The van der Waals surface area contributed by atoms with Crippen LogP contribution in [0.2, 0.25) is 0 Å². The highest BCUT2D eigenvalue weighted by Gasteiger charge is 2.29. The summed E-state index contributed by atoms with van der Waals surface area (Å²) < 4.78 is 5.79. The second-order valence-electron chi connectivity index (χ2n) is 7.62. The molecule has 1 N–H and O–H groups in total. The number of carbonyl (C=O) groups is 2. The molecule has 4 rings (SSSR count). The van der Waals surface area contributed by atoms with Gasteiger partial charge >= 0.3 is 5.97 Å². The van der Waals surface area contributed by atoms with E-state index in [-0.39, 0.29) is 23.9 Å². The van der Waals surface area contributed by atoms with Gasteiger partial charge in [0.2, 0.25) is 5.91 Å². The van der Waals surface area contributed by atoms with Crippen LogP contribution < -0.4 is 9.64 Å². The number of para-hydroxylation sites is 2. The summed E-state index contributed by atoms with van der Waals surface area (Å²) in [4.78, 5) is 27.5. The van der Waals surface area contributed by atoms with E-state index >= 15 is 0 Å². The Morgan fingerprint density at radius 3 is 2.60 bits per heavy atom. The Hall–Kier alpha value is -2.73. The summed E-state index contributed by atoms with van der Waals surface area (Å²) in [6.45, 7) is 3.69. The molecular weight excluding hydrogens is 404 g/mol. The summed E-state index contributed by atoms with van der Waals surface area (Å²) >= 11 is 0. The Balaban J connectivity index is 0.00000256. The number of benzene rings is 2. The van der Waals surface area contributed by atoms with Crippen molar-refractivity contribution >= 4 is 30.0 Å². The number of carbonyl (C=O) groups excluding carboxylic acids is 1. The zero-order valence-corrected chi connectivity index (χ0v) is 17.6. The van der Waals surface area contributed by atoms with E-state index in [9.17, 15) is 14.7 Å². The van der Waals surface area contributed by atoms with Crippen molar-refractivity contribution in [3.05, 3.63) is 59.7 Å². The van der Waals surface area contributed by atoms with Gasteiger partial charge in [0.15, 0.2) is 0 Å². The maximum Gasteiger partial charge on any atom is 0.339 e. The minimum atomic E-state index is -0.983. The minimum absolute atomic E-state index is 0. The number of likely N-dealkylation sites (tertiary alicyclic amines) is 1. The number of halogens is 1. The summed E-state index contributed by atoms with van der Waals surface area (Å²) in [5, 5.41) is 9.29. The molecule has 0 saturated carbocycles. The molecule has 2 aliphatic heterocycles. The number of anilines is 1. The monoisotopic (exact) mass is 430 g/mol. The predicted molar refractivity (Wildman–Crippen MR) is 118 cm³/mol. The number of hydrogen-bond acceptors (Lipinski definition) is 4. The fourth-order valence-electron chi connectivity index (χ4n) is 4.33. The Morgan fingerprint density at radius 2 is 1.83 bits per heavy atom. The third kappa shape index (κ3) is 4.70. The Morgan fingerprint density at radius 1 is 1.07 bits per heavy atom. The number of ether oxygens (including phenoxy) is 1. The molecule has 0 spiro atoms. The van der Waals surface area contributed by atoms with Crippen LogP contribution in [-0.4, -0.2) is 54.7 Å². The topological polar surface area (TPSA) is 70.1 Å². The van der Waals surface area contributed by atoms with Crippen molar-refractivity contribution in [3.63, 3.8) is 0 Å². The van der Waals surface area contributed by atoms with E-state index in [1.165, 1.54) is 11.3 Å². The molecule has 2 heterocycles. The normalized spacial score (nSPS) is 17.6. The van der Waals surface area contributed by atoms with Crippen LogP contribution >= 0.6 is 12.4 Å². The van der Waals surface area contributed by atoms with Gasteiger partial charge in [0.1, 0.15) is 17.9 Å². The quantitative estimate of drug-likeness (QED) is 0.689. The van der Waals surface area contributed by atoms with Crippen LogP contribution in [0.15, 0.2) is 48.5 Å². The van der Waals surface area contributed by atoms with Gasteiger partial charge in [0.05, 0.1) is 6.54 Å². The van der Waals surface area contributed by atoms with Crippen molar-refractivity contribution in [2.75, 3.05) is 37.7 Å². The zero-order valence-electron chi connectivity index (χ0n) is 16.8. The molecule has 2 aromatic rings. The highest BCUT2D eigenvalue weighted by Crippen LogP contribution is 2.38. The largest absolute Gasteiger partial charge is 0.491 e. The summed E-state index contributed by atoms with van der Waals surface area (Å²) in [6.07, 6.45) is 2.62. The maximum absolute atomic E-state index is 11.9. The molecule has 1 saturated heterocycles. The highest BCUT2D eigenvalue weighted by molar-refractivity contribution is 5.90. The summed E-state index contributed by atoms with van der Waals surface area (Å²) in [6, 6.07) is 15.1. The van der Waals surface area contributed by atoms with E-state index in [2.05, 4.69) is 23.1 Å².